The summed E-state index contributed by atoms with van der Waals surface area (Å²) >= 11 is 1.77. The first-order valence-corrected chi connectivity index (χ1v) is 7.40. The van der Waals surface area contributed by atoms with Crippen molar-refractivity contribution in [3.8, 4) is 6.07 Å². The standard InChI is InChI=1S/C15H20N2S/c1-11-4-7-14(12(2)8-11)18-10-15(3,9-16)17-13-5-6-13/h4,7-8,13,17H,5-6,10H2,1-3H3. The molecule has 2 nitrogen and oxygen atoms in total. The Morgan fingerprint density at radius 2 is 2.17 bits per heavy atom. The minimum atomic E-state index is -0.414. The van der Waals surface area contributed by atoms with Gasteiger partial charge in [-0.05, 0) is 45.2 Å². The van der Waals surface area contributed by atoms with Crippen LogP contribution in [0.2, 0.25) is 0 Å². The lowest BCUT2D eigenvalue weighted by Crippen LogP contribution is -2.44. The maximum Gasteiger partial charge on any atom is 0.113 e. The molecule has 0 spiro atoms. The van der Waals surface area contributed by atoms with Gasteiger partial charge in [0.25, 0.3) is 0 Å². The van der Waals surface area contributed by atoms with Gasteiger partial charge in [0.05, 0.1) is 6.07 Å². The van der Waals surface area contributed by atoms with Crippen molar-refractivity contribution in [2.75, 3.05) is 5.75 Å². The van der Waals surface area contributed by atoms with Gasteiger partial charge in [0.15, 0.2) is 0 Å². The highest BCUT2D eigenvalue weighted by atomic mass is 32.2. The SMILES string of the molecule is Cc1ccc(SCC(C)(C#N)NC2CC2)c(C)c1. The summed E-state index contributed by atoms with van der Waals surface area (Å²) in [6, 6.07) is 9.47. The highest BCUT2D eigenvalue weighted by Gasteiger charge is 2.32. The monoisotopic (exact) mass is 260 g/mol. The van der Waals surface area contributed by atoms with Gasteiger partial charge in [0.1, 0.15) is 5.54 Å². The number of nitrogens with zero attached hydrogens (tertiary/aromatic N) is 1. The lowest BCUT2D eigenvalue weighted by molar-refractivity contribution is 0.490. The molecule has 0 radical (unpaired) electrons. The predicted molar refractivity (Wildman–Crippen MR) is 76.8 cm³/mol. The molecule has 2 rings (SSSR count). The summed E-state index contributed by atoms with van der Waals surface area (Å²) < 4.78 is 0. The van der Waals surface area contributed by atoms with Gasteiger partial charge < -0.3 is 0 Å². The van der Waals surface area contributed by atoms with Crippen molar-refractivity contribution in [3.05, 3.63) is 29.3 Å². The lowest BCUT2D eigenvalue weighted by atomic mass is 10.1. The summed E-state index contributed by atoms with van der Waals surface area (Å²) in [5, 5.41) is 12.8. The molecule has 0 aliphatic heterocycles. The summed E-state index contributed by atoms with van der Waals surface area (Å²) in [5.41, 5.74) is 2.17. The third-order valence-corrected chi connectivity index (χ3v) is 4.68. The zero-order chi connectivity index (χ0) is 13.2. The molecule has 1 fully saturated rings. The number of rotatable bonds is 5. The van der Waals surface area contributed by atoms with E-state index in [1.165, 1.54) is 28.9 Å². The fourth-order valence-corrected chi connectivity index (χ4v) is 3.01. The van der Waals surface area contributed by atoms with Crippen LogP contribution in [0.1, 0.15) is 30.9 Å². The predicted octanol–water partition coefficient (Wildman–Crippen LogP) is 3.43. The van der Waals surface area contributed by atoms with E-state index in [9.17, 15) is 5.26 Å². The minimum absolute atomic E-state index is 0.414. The van der Waals surface area contributed by atoms with Gasteiger partial charge in [0, 0.05) is 16.7 Å². The van der Waals surface area contributed by atoms with Crippen LogP contribution in [0.3, 0.4) is 0 Å². The molecule has 0 heterocycles. The lowest BCUT2D eigenvalue weighted by Gasteiger charge is -2.23. The van der Waals surface area contributed by atoms with Crippen molar-refractivity contribution >= 4 is 11.8 Å². The van der Waals surface area contributed by atoms with E-state index in [1.807, 2.05) is 6.92 Å². The van der Waals surface area contributed by atoms with Crippen molar-refractivity contribution in [1.29, 1.82) is 5.26 Å². The average Bonchev–Trinajstić information content (AvgIpc) is 3.12. The Bertz CT molecular complexity index is 474. The first kappa shape index (κ1) is 13.5. The van der Waals surface area contributed by atoms with Crippen molar-refractivity contribution in [1.82, 2.24) is 5.32 Å². The van der Waals surface area contributed by atoms with Gasteiger partial charge in [-0.3, -0.25) is 5.32 Å². The van der Waals surface area contributed by atoms with Gasteiger partial charge in [-0.2, -0.15) is 5.26 Å². The molecule has 1 N–H and O–H groups in total. The largest absolute Gasteiger partial charge is 0.296 e. The number of thioether (sulfide) groups is 1. The van der Waals surface area contributed by atoms with E-state index in [0.29, 0.717) is 6.04 Å². The summed E-state index contributed by atoms with van der Waals surface area (Å²) in [5.74, 6) is 0.796. The maximum atomic E-state index is 9.33. The fourth-order valence-electron chi connectivity index (χ4n) is 1.97. The second-order valence-corrected chi connectivity index (χ2v) is 6.44. The smallest absolute Gasteiger partial charge is 0.113 e. The molecule has 0 amide bonds. The Balaban J connectivity index is 1.98. The number of benzene rings is 1. The number of aryl methyl sites for hydroxylation is 2. The Hall–Kier alpha value is -0.980. The molecule has 1 aliphatic carbocycles. The molecule has 1 atom stereocenters. The van der Waals surface area contributed by atoms with E-state index < -0.39 is 5.54 Å². The quantitative estimate of drug-likeness (QED) is 0.824. The van der Waals surface area contributed by atoms with Crippen molar-refractivity contribution in [2.24, 2.45) is 0 Å². The summed E-state index contributed by atoms with van der Waals surface area (Å²) in [6.45, 7) is 6.24. The van der Waals surface area contributed by atoms with Crippen molar-refractivity contribution in [2.45, 2.75) is 50.1 Å². The zero-order valence-electron chi connectivity index (χ0n) is 11.3. The third-order valence-electron chi connectivity index (χ3n) is 3.19. The van der Waals surface area contributed by atoms with Crippen LogP contribution in [-0.2, 0) is 0 Å². The van der Waals surface area contributed by atoms with E-state index in [4.69, 9.17) is 0 Å². The zero-order valence-corrected chi connectivity index (χ0v) is 12.1. The van der Waals surface area contributed by atoms with Crippen molar-refractivity contribution in [3.63, 3.8) is 0 Å². The molecular weight excluding hydrogens is 240 g/mol. The molecule has 96 valence electrons. The van der Waals surface area contributed by atoms with Crippen LogP contribution in [-0.4, -0.2) is 17.3 Å². The molecule has 0 bridgehead atoms. The Morgan fingerprint density at radius 1 is 1.44 bits per heavy atom. The Morgan fingerprint density at radius 3 is 2.72 bits per heavy atom. The van der Waals surface area contributed by atoms with E-state index >= 15 is 0 Å². The highest BCUT2D eigenvalue weighted by Crippen LogP contribution is 2.29. The van der Waals surface area contributed by atoms with Crippen LogP contribution >= 0.6 is 11.8 Å². The van der Waals surface area contributed by atoms with E-state index in [0.717, 1.165) is 5.75 Å². The van der Waals surface area contributed by atoms with Gasteiger partial charge >= 0.3 is 0 Å². The van der Waals surface area contributed by atoms with Crippen LogP contribution < -0.4 is 5.32 Å². The van der Waals surface area contributed by atoms with E-state index in [2.05, 4.69) is 43.4 Å². The first-order chi connectivity index (χ1) is 8.52. The number of nitriles is 1. The molecule has 0 aromatic heterocycles. The molecule has 3 heteroatoms. The Kier molecular flexibility index (Phi) is 3.99. The second-order valence-electron chi connectivity index (χ2n) is 5.42. The van der Waals surface area contributed by atoms with E-state index in [1.54, 1.807) is 11.8 Å². The minimum Gasteiger partial charge on any atom is -0.296 e. The van der Waals surface area contributed by atoms with Crippen LogP contribution in [0.25, 0.3) is 0 Å². The molecule has 1 aliphatic rings. The van der Waals surface area contributed by atoms with Gasteiger partial charge in [-0.25, -0.2) is 0 Å². The molecular formula is C15H20N2S. The molecule has 1 saturated carbocycles. The molecule has 18 heavy (non-hydrogen) atoms. The number of hydrogen-bond donors (Lipinski definition) is 1. The van der Waals surface area contributed by atoms with Crippen molar-refractivity contribution < 1.29 is 0 Å². The molecule has 1 unspecified atom stereocenters. The van der Waals surface area contributed by atoms with Gasteiger partial charge in [-0.15, -0.1) is 11.8 Å². The molecule has 1 aromatic rings. The Labute approximate surface area is 114 Å². The van der Waals surface area contributed by atoms with Crippen LogP contribution in [0.4, 0.5) is 0 Å². The molecule has 0 saturated heterocycles. The summed E-state index contributed by atoms with van der Waals surface area (Å²) in [4.78, 5) is 1.28. The van der Waals surface area contributed by atoms with Gasteiger partial charge in [0.2, 0.25) is 0 Å². The highest BCUT2D eigenvalue weighted by molar-refractivity contribution is 7.99. The van der Waals surface area contributed by atoms with E-state index in [-0.39, 0.29) is 0 Å². The maximum absolute atomic E-state index is 9.33. The average molecular weight is 260 g/mol. The second kappa shape index (κ2) is 5.34. The van der Waals surface area contributed by atoms with Crippen LogP contribution in [0.15, 0.2) is 23.1 Å². The van der Waals surface area contributed by atoms with Gasteiger partial charge in [-0.1, -0.05) is 17.7 Å². The first-order valence-electron chi connectivity index (χ1n) is 6.41. The molecule has 1 aromatic carbocycles. The number of hydrogen-bond acceptors (Lipinski definition) is 3. The normalized spacial score (nSPS) is 18.1. The van der Waals surface area contributed by atoms with Crippen LogP contribution in [0.5, 0.6) is 0 Å². The fraction of sp³-hybridized carbons (Fsp3) is 0.533. The topological polar surface area (TPSA) is 35.8 Å². The van der Waals surface area contributed by atoms with Crippen LogP contribution in [0, 0.1) is 25.2 Å². The summed E-state index contributed by atoms with van der Waals surface area (Å²) in [7, 11) is 0. The third kappa shape index (κ3) is 3.51. The number of nitrogens with one attached hydrogen (secondary N) is 1. The summed E-state index contributed by atoms with van der Waals surface area (Å²) in [6.07, 6.45) is 2.43.